The summed E-state index contributed by atoms with van der Waals surface area (Å²) in [7, 11) is 0. The van der Waals surface area contributed by atoms with E-state index in [1.165, 1.54) is 12.1 Å². The SMILES string of the molecule is CCc1c(F)ccc2cc(O)cc(N3Cc4nc(OC[C@@]56CCCN5C[C@H](F)C6)nc(N5CC6COC(C6)C5)c4C3=O)c12. The van der Waals surface area contributed by atoms with Crippen LogP contribution in [-0.2, 0) is 17.7 Å². The topological polar surface area (TPSA) is 91.3 Å². The minimum atomic E-state index is -0.870. The van der Waals surface area contributed by atoms with Crippen molar-refractivity contribution in [3.05, 3.63) is 46.9 Å². The Kier molecular flexibility index (Phi) is 6.27. The van der Waals surface area contributed by atoms with E-state index in [4.69, 9.17) is 19.4 Å². The van der Waals surface area contributed by atoms with Crippen molar-refractivity contribution >= 4 is 28.2 Å². The Morgan fingerprint density at radius 3 is 2.93 bits per heavy atom. The molecule has 5 aliphatic rings. The van der Waals surface area contributed by atoms with Gasteiger partial charge in [-0.05, 0) is 55.3 Å². The zero-order valence-corrected chi connectivity index (χ0v) is 24.2. The highest BCUT2D eigenvalue weighted by Crippen LogP contribution is 2.43. The van der Waals surface area contributed by atoms with Crippen LogP contribution in [0.4, 0.5) is 20.3 Å². The van der Waals surface area contributed by atoms with Crippen molar-refractivity contribution in [1.29, 1.82) is 0 Å². The fourth-order valence-corrected chi connectivity index (χ4v) is 8.17. The number of ether oxygens (including phenoxy) is 2. The Balaban J connectivity index is 1.20. The van der Waals surface area contributed by atoms with Crippen molar-refractivity contribution in [2.45, 2.75) is 63.4 Å². The van der Waals surface area contributed by atoms with E-state index in [-0.39, 0.29) is 48.3 Å². The number of hydrogen-bond donors (Lipinski definition) is 1. The third-order valence-electron chi connectivity index (χ3n) is 10.1. The van der Waals surface area contributed by atoms with Gasteiger partial charge >= 0.3 is 6.01 Å². The third kappa shape index (κ3) is 4.34. The van der Waals surface area contributed by atoms with Gasteiger partial charge in [-0.1, -0.05) is 13.0 Å². The second-order valence-corrected chi connectivity index (χ2v) is 12.8. The number of halogens is 2. The predicted molar refractivity (Wildman–Crippen MR) is 156 cm³/mol. The number of aryl methyl sites for hydroxylation is 1. The minimum absolute atomic E-state index is 0.0110. The monoisotopic (exact) mass is 591 g/mol. The van der Waals surface area contributed by atoms with Crippen LogP contribution in [0.25, 0.3) is 10.8 Å². The lowest BCUT2D eigenvalue weighted by molar-refractivity contribution is 0.0994. The minimum Gasteiger partial charge on any atom is -0.508 e. The zero-order valence-electron chi connectivity index (χ0n) is 24.2. The number of anilines is 2. The Morgan fingerprint density at radius 2 is 2.09 bits per heavy atom. The molecule has 4 fully saturated rings. The van der Waals surface area contributed by atoms with Crippen LogP contribution in [0.3, 0.4) is 0 Å². The van der Waals surface area contributed by atoms with Crippen molar-refractivity contribution in [3.8, 4) is 11.8 Å². The van der Waals surface area contributed by atoms with Crippen LogP contribution in [0.1, 0.15) is 54.2 Å². The highest BCUT2D eigenvalue weighted by molar-refractivity contribution is 6.16. The molecule has 8 rings (SSSR count). The van der Waals surface area contributed by atoms with Crippen LogP contribution in [0, 0.1) is 11.7 Å². The summed E-state index contributed by atoms with van der Waals surface area (Å²) in [6.45, 7) is 5.56. The molecule has 0 spiro atoms. The summed E-state index contributed by atoms with van der Waals surface area (Å²) in [5, 5.41) is 11.9. The van der Waals surface area contributed by atoms with Gasteiger partial charge in [0.2, 0.25) is 0 Å². The number of hydrogen-bond acceptors (Lipinski definition) is 8. The number of phenols is 1. The molecule has 5 aliphatic heterocycles. The highest BCUT2D eigenvalue weighted by Gasteiger charge is 2.49. The highest BCUT2D eigenvalue weighted by atomic mass is 19.1. The maximum absolute atomic E-state index is 15.0. The van der Waals surface area contributed by atoms with Crippen molar-refractivity contribution in [3.63, 3.8) is 0 Å². The smallest absolute Gasteiger partial charge is 0.318 e. The Morgan fingerprint density at radius 1 is 1.21 bits per heavy atom. The van der Waals surface area contributed by atoms with Crippen molar-refractivity contribution in [2.75, 3.05) is 49.2 Å². The first-order valence-corrected chi connectivity index (χ1v) is 15.4. The molecule has 1 aromatic heterocycles. The summed E-state index contributed by atoms with van der Waals surface area (Å²) in [4.78, 5) is 29.7. The van der Waals surface area contributed by atoms with Crippen molar-refractivity contribution < 1.29 is 28.2 Å². The lowest BCUT2D eigenvalue weighted by Gasteiger charge is -2.33. The van der Waals surface area contributed by atoms with E-state index in [0.717, 1.165) is 25.8 Å². The Labute approximate surface area is 248 Å². The molecule has 4 atom stereocenters. The number of piperidine rings is 1. The summed E-state index contributed by atoms with van der Waals surface area (Å²) in [6.07, 6.45) is 2.91. The van der Waals surface area contributed by atoms with E-state index in [1.54, 1.807) is 17.0 Å². The first kappa shape index (κ1) is 27.0. The fourth-order valence-electron chi connectivity index (χ4n) is 8.17. The van der Waals surface area contributed by atoms with Gasteiger partial charge in [-0.2, -0.15) is 9.97 Å². The van der Waals surface area contributed by atoms with Crippen molar-refractivity contribution in [2.24, 2.45) is 5.92 Å². The molecule has 2 unspecified atom stereocenters. The summed E-state index contributed by atoms with van der Waals surface area (Å²) in [5.74, 6) is 0.189. The van der Waals surface area contributed by atoms with E-state index in [0.29, 0.717) is 84.1 Å². The lowest BCUT2D eigenvalue weighted by atomic mass is 9.95. The number of amides is 1. The van der Waals surface area contributed by atoms with E-state index in [1.807, 2.05) is 6.92 Å². The normalized spacial score (nSPS) is 28.3. The third-order valence-corrected chi connectivity index (χ3v) is 10.1. The van der Waals surface area contributed by atoms with Gasteiger partial charge in [0, 0.05) is 43.4 Å². The van der Waals surface area contributed by atoms with Gasteiger partial charge in [-0.15, -0.1) is 0 Å². The molecule has 2 aromatic carbocycles. The van der Waals surface area contributed by atoms with Crippen LogP contribution in [0.15, 0.2) is 24.3 Å². The van der Waals surface area contributed by atoms with Gasteiger partial charge in [0.25, 0.3) is 5.91 Å². The van der Waals surface area contributed by atoms with Gasteiger partial charge in [-0.25, -0.2) is 8.78 Å². The summed E-state index contributed by atoms with van der Waals surface area (Å²) in [6, 6.07) is 6.30. The first-order valence-electron chi connectivity index (χ1n) is 15.4. The van der Waals surface area contributed by atoms with Crippen LogP contribution in [0.5, 0.6) is 11.8 Å². The number of phenolic OH excluding ortho intramolecular Hbond substituents is 1. The number of carbonyl (C=O) groups is 1. The number of benzene rings is 2. The molecule has 0 radical (unpaired) electrons. The molecule has 6 heterocycles. The van der Waals surface area contributed by atoms with Crippen LogP contribution in [-0.4, -0.2) is 83.1 Å². The molecule has 4 saturated heterocycles. The number of alkyl halides is 1. The first-order chi connectivity index (χ1) is 20.8. The predicted octanol–water partition coefficient (Wildman–Crippen LogP) is 4.38. The van der Waals surface area contributed by atoms with E-state index < -0.39 is 6.17 Å². The zero-order chi connectivity index (χ0) is 29.5. The van der Waals surface area contributed by atoms with Gasteiger partial charge in [0.1, 0.15) is 35.7 Å². The number of carbonyl (C=O) groups excluding carboxylic acids is 1. The van der Waals surface area contributed by atoms with Gasteiger partial charge in [0.05, 0.1) is 36.2 Å². The average molecular weight is 592 g/mol. The Bertz CT molecular complexity index is 1630. The number of nitrogens with zero attached hydrogens (tertiary/aromatic N) is 5. The molecule has 9 nitrogen and oxygen atoms in total. The molecule has 1 amide bonds. The molecule has 0 aliphatic carbocycles. The molecule has 43 heavy (non-hydrogen) atoms. The molecule has 11 heteroatoms. The second-order valence-electron chi connectivity index (χ2n) is 12.8. The maximum Gasteiger partial charge on any atom is 0.318 e. The largest absolute Gasteiger partial charge is 0.508 e. The van der Waals surface area contributed by atoms with Crippen LogP contribution >= 0.6 is 0 Å². The molecular weight excluding hydrogens is 556 g/mol. The van der Waals surface area contributed by atoms with E-state index in [9.17, 15) is 18.7 Å². The van der Waals surface area contributed by atoms with Crippen molar-refractivity contribution in [1.82, 2.24) is 14.9 Å². The molecule has 0 saturated carbocycles. The quantitative estimate of drug-likeness (QED) is 0.452. The summed E-state index contributed by atoms with van der Waals surface area (Å²) < 4.78 is 41.6. The number of fused-ring (bicyclic) bond motifs is 5. The van der Waals surface area contributed by atoms with Gasteiger partial charge in [-0.3, -0.25) is 9.69 Å². The van der Waals surface area contributed by atoms with Gasteiger partial charge in [0.15, 0.2) is 0 Å². The summed E-state index contributed by atoms with van der Waals surface area (Å²) >= 11 is 0. The van der Waals surface area contributed by atoms with E-state index in [2.05, 4.69) is 9.80 Å². The average Bonchev–Trinajstić information content (AvgIpc) is 3.72. The van der Waals surface area contributed by atoms with E-state index >= 15 is 0 Å². The molecular formula is C32H35F2N5O4. The Hall–Kier alpha value is -3.57. The molecule has 3 aromatic rings. The summed E-state index contributed by atoms with van der Waals surface area (Å²) in [5.41, 5.74) is 1.48. The number of aromatic hydroxyl groups is 1. The van der Waals surface area contributed by atoms with Crippen LogP contribution in [0.2, 0.25) is 0 Å². The van der Waals surface area contributed by atoms with Crippen LogP contribution < -0.4 is 14.5 Å². The fraction of sp³-hybridized carbons (Fsp3) is 0.531. The number of aromatic nitrogens is 2. The second kappa shape index (κ2) is 9.99. The standard InChI is InChI=1S/C32H35F2N5O4/c1-2-23-24(34)5-4-19-9-21(40)10-26(27(19)23)39-15-25-28(30(39)41)29(37-12-18-8-22(14-37)42-16-18)36-31(35-25)43-17-32-6-3-7-38(32)13-20(33)11-32/h4-5,9-10,18,20,22,40H,2-3,6-8,11-17H2,1H3/t18?,20-,22?,32+/m1/s1. The van der Waals surface area contributed by atoms with Gasteiger partial charge < -0.3 is 24.4 Å². The molecule has 226 valence electrons. The lowest BCUT2D eigenvalue weighted by Crippen LogP contribution is -2.43. The number of rotatable bonds is 6. The molecule has 1 N–H and O–H groups in total. The molecule has 2 bridgehead atoms. The maximum atomic E-state index is 15.0.